The van der Waals surface area contributed by atoms with E-state index in [2.05, 4.69) is 16.0 Å². The molecule has 0 spiro atoms. The number of nitrogens with one attached hydrogen (secondary N) is 3. The molecule has 0 aliphatic rings. The molecule has 30 heavy (non-hydrogen) atoms. The molecule has 0 radical (unpaired) electrons. The van der Waals surface area contributed by atoms with E-state index in [1.54, 1.807) is 13.8 Å². The highest BCUT2D eigenvalue weighted by Crippen LogP contribution is 2.05. The zero-order chi connectivity index (χ0) is 23.3. The highest BCUT2D eigenvalue weighted by Gasteiger charge is 2.29. The van der Waals surface area contributed by atoms with Gasteiger partial charge in [0.1, 0.15) is 12.1 Å². The van der Waals surface area contributed by atoms with Crippen LogP contribution >= 0.6 is 0 Å². The summed E-state index contributed by atoms with van der Waals surface area (Å²) in [6, 6.07) is -3.13. The molecule has 4 amide bonds. The van der Waals surface area contributed by atoms with Gasteiger partial charge in [-0.2, -0.15) is 0 Å². The minimum atomic E-state index is -1.32. The Morgan fingerprint density at radius 1 is 0.967 bits per heavy atom. The van der Waals surface area contributed by atoms with Gasteiger partial charge in [-0.3, -0.25) is 19.2 Å². The van der Waals surface area contributed by atoms with E-state index in [4.69, 9.17) is 17.2 Å². The number of primary amides is 1. The minimum Gasteiger partial charge on any atom is -0.480 e. The van der Waals surface area contributed by atoms with E-state index in [0.29, 0.717) is 19.4 Å². The molecule has 0 aliphatic heterocycles. The Kier molecular flexibility index (Phi) is 13.0. The summed E-state index contributed by atoms with van der Waals surface area (Å²) in [5.74, 6) is -4.23. The van der Waals surface area contributed by atoms with Crippen molar-refractivity contribution in [2.45, 2.75) is 64.1 Å². The average molecular weight is 431 g/mol. The van der Waals surface area contributed by atoms with Crippen LogP contribution in [0.15, 0.2) is 0 Å². The van der Waals surface area contributed by atoms with Crippen LogP contribution in [0.4, 0.5) is 0 Å². The molecule has 3 atom stereocenters. The van der Waals surface area contributed by atoms with E-state index in [0.717, 1.165) is 6.42 Å². The van der Waals surface area contributed by atoms with Crippen molar-refractivity contribution in [1.82, 2.24) is 16.0 Å². The van der Waals surface area contributed by atoms with Gasteiger partial charge >= 0.3 is 5.97 Å². The first kappa shape index (κ1) is 27.3. The van der Waals surface area contributed by atoms with Gasteiger partial charge in [0.05, 0.1) is 12.6 Å². The quantitative estimate of drug-likeness (QED) is 0.138. The first-order valence-corrected chi connectivity index (χ1v) is 9.83. The fourth-order valence-corrected chi connectivity index (χ4v) is 2.50. The zero-order valence-electron chi connectivity index (χ0n) is 17.5. The minimum absolute atomic E-state index is 0.173. The molecular weight excluding hydrogens is 396 g/mol. The van der Waals surface area contributed by atoms with Crippen molar-refractivity contribution in [3.63, 3.8) is 0 Å². The maximum absolute atomic E-state index is 12.4. The summed E-state index contributed by atoms with van der Waals surface area (Å²) in [6.07, 6.45) is 1.47. The summed E-state index contributed by atoms with van der Waals surface area (Å²) in [4.78, 5) is 58.6. The SMILES string of the molecule is CC(C)C(NC(=O)CNC(=O)C(N)CCCCN)C(=O)NC(CCC(N)=O)C(=O)O. The lowest BCUT2D eigenvalue weighted by Gasteiger charge is -2.24. The third-order valence-electron chi connectivity index (χ3n) is 4.29. The molecule has 10 N–H and O–H groups in total. The van der Waals surface area contributed by atoms with E-state index in [1.807, 2.05) is 0 Å². The molecule has 3 unspecified atom stereocenters. The number of nitrogens with two attached hydrogens (primary N) is 3. The smallest absolute Gasteiger partial charge is 0.326 e. The average Bonchev–Trinajstić information content (AvgIpc) is 2.66. The van der Waals surface area contributed by atoms with Crippen LogP contribution in [0.2, 0.25) is 0 Å². The number of rotatable bonds is 15. The number of hydrogen-bond donors (Lipinski definition) is 7. The lowest BCUT2D eigenvalue weighted by molar-refractivity contribution is -0.142. The van der Waals surface area contributed by atoms with Gasteiger partial charge in [-0.05, 0) is 31.7 Å². The highest BCUT2D eigenvalue weighted by molar-refractivity contribution is 5.92. The van der Waals surface area contributed by atoms with Crippen molar-refractivity contribution >= 4 is 29.6 Å². The van der Waals surface area contributed by atoms with Crippen LogP contribution in [0, 0.1) is 5.92 Å². The lowest BCUT2D eigenvalue weighted by atomic mass is 10.0. The Morgan fingerprint density at radius 3 is 2.10 bits per heavy atom. The molecular formula is C18H34N6O6. The van der Waals surface area contributed by atoms with E-state index in [9.17, 15) is 29.1 Å². The van der Waals surface area contributed by atoms with Crippen molar-refractivity contribution in [3.8, 4) is 0 Å². The number of carboxylic acid groups (broad SMARTS) is 1. The number of carbonyl (C=O) groups is 5. The van der Waals surface area contributed by atoms with E-state index in [1.165, 1.54) is 0 Å². The summed E-state index contributed by atoms with van der Waals surface area (Å²) in [6.45, 7) is 3.44. The molecule has 0 heterocycles. The summed E-state index contributed by atoms with van der Waals surface area (Å²) in [7, 11) is 0. The third-order valence-corrected chi connectivity index (χ3v) is 4.29. The third kappa shape index (κ3) is 11.3. The first-order chi connectivity index (χ1) is 14.0. The molecule has 0 saturated carbocycles. The standard InChI is InChI=1S/C18H34N6O6/c1-10(2)15(17(28)23-12(18(29)30)6-7-13(21)25)24-14(26)9-22-16(27)11(20)5-3-4-8-19/h10-12,15H,3-9,19-20H2,1-2H3,(H2,21,25)(H,22,27)(H,23,28)(H,24,26)(H,29,30). The van der Waals surface area contributed by atoms with E-state index < -0.39 is 47.7 Å². The predicted octanol–water partition coefficient (Wildman–Crippen LogP) is -2.47. The van der Waals surface area contributed by atoms with Gasteiger partial charge in [0.25, 0.3) is 0 Å². The van der Waals surface area contributed by atoms with Gasteiger partial charge in [-0.1, -0.05) is 20.3 Å². The van der Waals surface area contributed by atoms with Crippen LogP contribution in [0.25, 0.3) is 0 Å². The van der Waals surface area contributed by atoms with Crippen molar-refractivity contribution in [2.75, 3.05) is 13.1 Å². The second-order valence-electron chi connectivity index (χ2n) is 7.30. The number of amides is 4. The van der Waals surface area contributed by atoms with Crippen molar-refractivity contribution in [2.24, 2.45) is 23.1 Å². The summed E-state index contributed by atoms with van der Waals surface area (Å²) in [5.41, 5.74) is 16.1. The van der Waals surface area contributed by atoms with Gasteiger partial charge in [-0.25, -0.2) is 4.79 Å². The monoisotopic (exact) mass is 430 g/mol. The molecule has 0 aromatic heterocycles. The second-order valence-corrected chi connectivity index (χ2v) is 7.30. The van der Waals surface area contributed by atoms with Crippen molar-refractivity contribution < 1.29 is 29.1 Å². The van der Waals surface area contributed by atoms with Gasteiger partial charge in [0, 0.05) is 6.42 Å². The fourth-order valence-electron chi connectivity index (χ4n) is 2.50. The number of unbranched alkanes of at least 4 members (excludes halogenated alkanes) is 1. The van der Waals surface area contributed by atoms with Gasteiger partial charge in [-0.15, -0.1) is 0 Å². The maximum Gasteiger partial charge on any atom is 0.326 e. The van der Waals surface area contributed by atoms with Crippen LogP contribution < -0.4 is 33.2 Å². The normalized spacial score (nSPS) is 13.8. The Bertz CT molecular complexity index is 612. The molecule has 0 aliphatic carbocycles. The Morgan fingerprint density at radius 2 is 1.60 bits per heavy atom. The first-order valence-electron chi connectivity index (χ1n) is 9.83. The second kappa shape index (κ2) is 14.3. The largest absolute Gasteiger partial charge is 0.480 e. The van der Waals surface area contributed by atoms with E-state index >= 15 is 0 Å². The van der Waals surface area contributed by atoms with Gasteiger partial charge < -0.3 is 38.3 Å². The Balaban J connectivity index is 4.73. The molecule has 0 aromatic carbocycles. The Hall–Kier alpha value is -2.73. The summed E-state index contributed by atoms with van der Waals surface area (Å²) >= 11 is 0. The predicted molar refractivity (Wildman–Crippen MR) is 109 cm³/mol. The molecule has 0 fully saturated rings. The number of aliphatic carboxylic acids is 1. The van der Waals surface area contributed by atoms with Gasteiger partial charge in [0.2, 0.25) is 23.6 Å². The molecule has 172 valence electrons. The highest BCUT2D eigenvalue weighted by atomic mass is 16.4. The van der Waals surface area contributed by atoms with Crippen LogP contribution in [0.5, 0.6) is 0 Å². The van der Waals surface area contributed by atoms with Gasteiger partial charge in [0.15, 0.2) is 0 Å². The zero-order valence-corrected chi connectivity index (χ0v) is 17.5. The van der Waals surface area contributed by atoms with Crippen LogP contribution in [-0.4, -0.2) is 65.9 Å². The molecule has 0 aromatic rings. The number of carboxylic acids is 1. The Labute approximate surface area is 175 Å². The lowest BCUT2D eigenvalue weighted by Crippen LogP contribution is -2.55. The molecule has 0 rings (SSSR count). The summed E-state index contributed by atoms with van der Waals surface area (Å²) < 4.78 is 0. The molecule has 12 nitrogen and oxygen atoms in total. The van der Waals surface area contributed by atoms with Crippen molar-refractivity contribution in [1.29, 1.82) is 0 Å². The summed E-state index contributed by atoms with van der Waals surface area (Å²) in [5, 5.41) is 16.3. The van der Waals surface area contributed by atoms with E-state index in [-0.39, 0.29) is 25.3 Å². The number of carbonyl (C=O) groups excluding carboxylic acids is 4. The fraction of sp³-hybridized carbons (Fsp3) is 0.722. The van der Waals surface area contributed by atoms with Crippen molar-refractivity contribution in [3.05, 3.63) is 0 Å². The number of hydrogen-bond acceptors (Lipinski definition) is 7. The van der Waals surface area contributed by atoms with Crippen LogP contribution in [0.3, 0.4) is 0 Å². The molecule has 12 heteroatoms. The van der Waals surface area contributed by atoms with Crippen LogP contribution in [-0.2, 0) is 24.0 Å². The molecule has 0 saturated heterocycles. The van der Waals surface area contributed by atoms with Crippen LogP contribution in [0.1, 0.15) is 46.0 Å². The maximum atomic E-state index is 12.4. The topological polar surface area (TPSA) is 220 Å². The molecule has 0 bridgehead atoms.